The number of aromatic amines is 2. The molecule has 0 atom stereocenters. The second-order valence-electron chi connectivity index (χ2n) is 30.4. The quantitative estimate of drug-likeness (QED) is 0.0368. The molecule has 0 aliphatic carbocycles. The van der Waals surface area contributed by atoms with Crippen LogP contribution in [0.15, 0.2) is 103 Å². The van der Waals surface area contributed by atoms with Crippen LogP contribution in [0.4, 0.5) is 0 Å². The van der Waals surface area contributed by atoms with Gasteiger partial charge in [0.05, 0.1) is 67.6 Å². The smallest absolute Gasteiger partial charge is 0.0753 e. The zero-order chi connectivity index (χ0) is 70.5. The van der Waals surface area contributed by atoms with E-state index >= 15 is 0 Å². The molecular formula is C94H134N8. The van der Waals surface area contributed by atoms with Crippen molar-refractivity contribution in [2.75, 3.05) is 0 Å². The SMILES string of the molecule is CCCCCCCCCCCCCCCCCCc1cccc(-c2c3nc(c(-c4cccc(CCCCCCCCCCCCCCCCCC)n4)c4ccc([nH]4)c(-c4cccc(CCCCCCCCCCCCCCCCCC)n4)c4nc(c(-c5ccccn5)c5ccc2[nH]5)C=C4)C=C3)n1. The van der Waals surface area contributed by atoms with Gasteiger partial charge in [0.15, 0.2) is 0 Å². The minimum Gasteiger partial charge on any atom is -0.354 e. The van der Waals surface area contributed by atoms with Gasteiger partial charge in [-0.15, -0.1) is 0 Å². The molecule has 9 heterocycles. The van der Waals surface area contributed by atoms with E-state index < -0.39 is 0 Å². The molecule has 0 unspecified atom stereocenters. The van der Waals surface area contributed by atoms with Crippen LogP contribution in [0, 0.1) is 0 Å². The average Bonchev–Trinajstić information content (AvgIpc) is 1.61. The van der Waals surface area contributed by atoms with E-state index in [1.807, 2.05) is 12.3 Å². The van der Waals surface area contributed by atoms with E-state index in [4.69, 9.17) is 29.9 Å². The fourth-order valence-corrected chi connectivity index (χ4v) is 15.6. The Balaban J connectivity index is 0.957. The lowest BCUT2D eigenvalue weighted by Gasteiger charge is -2.09. The highest BCUT2D eigenvalue weighted by molar-refractivity contribution is 5.98. The Morgan fingerprint density at radius 2 is 0.441 bits per heavy atom. The van der Waals surface area contributed by atoms with Crippen molar-refractivity contribution in [3.05, 3.63) is 143 Å². The summed E-state index contributed by atoms with van der Waals surface area (Å²) in [5.74, 6) is 0. The van der Waals surface area contributed by atoms with Gasteiger partial charge < -0.3 is 9.97 Å². The average molecular weight is 1380 g/mol. The van der Waals surface area contributed by atoms with Gasteiger partial charge in [0.25, 0.3) is 0 Å². The highest BCUT2D eigenvalue weighted by Crippen LogP contribution is 2.38. The monoisotopic (exact) mass is 1380 g/mol. The maximum absolute atomic E-state index is 5.69. The molecule has 7 aromatic rings. The number of hydrogen-bond donors (Lipinski definition) is 2. The van der Waals surface area contributed by atoms with E-state index in [0.717, 1.165) is 145 Å². The predicted molar refractivity (Wildman–Crippen MR) is 442 cm³/mol. The number of H-pyrrole nitrogens is 2. The van der Waals surface area contributed by atoms with E-state index in [1.165, 1.54) is 289 Å². The van der Waals surface area contributed by atoms with Crippen LogP contribution in [0.2, 0.25) is 0 Å². The minimum absolute atomic E-state index is 0.838. The van der Waals surface area contributed by atoms with Crippen LogP contribution >= 0.6 is 0 Å². The van der Waals surface area contributed by atoms with Crippen molar-refractivity contribution in [1.29, 1.82) is 0 Å². The first-order valence-corrected chi connectivity index (χ1v) is 42.6. The van der Waals surface area contributed by atoms with Gasteiger partial charge in [-0.3, -0.25) is 19.9 Å². The molecule has 0 saturated heterocycles. The lowest BCUT2D eigenvalue weighted by Crippen LogP contribution is -1.96. The van der Waals surface area contributed by atoms with Crippen LogP contribution in [0.3, 0.4) is 0 Å². The molecule has 8 heteroatoms. The molecule has 0 saturated carbocycles. The third-order valence-corrected chi connectivity index (χ3v) is 21.7. The number of nitrogens with zero attached hydrogens (tertiary/aromatic N) is 6. The molecule has 0 amide bonds. The van der Waals surface area contributed by atoms with Gasteiger partial charge in [-0.05, 0) is 136 Å². The molecule has 9 rings (SSSR count). The zero-order valence-corrected chi connectivity index (χ0v) is 64.4. The Labute approximate surface area is 619 Å². The largest absolute Gasteiger partial charge is 0.354 e. The van der Waals surface area contributed by atoms with Crippen LogP contribution in [-0.4, -0.2) is 39.9 Å². The van der Waals surface area contributed by atoms with E-state index in [9.17, 15) is 0 Å². The Morgan fingerprint density at radius 3 is 0.676 bits per heavy atom. The van der Waals surface area contributed by atoms with E-state index in [-0.39, 0.29) is 0 Å². The molecule has 0 aromatic carbocycles. The summed E-state index contributed by atoms with van der Waals surface area (Å²) in [6.45, 7) is 6.92. The minimum atomic E-state index is 0.838. The number of fused-ring (bicyclic) bond motifs is 8. The third-order valence-electron chi connectivity index (χ3n) is 21.7. The van der Waals surface area contributed by atoms with Crippen molar-refractivity contribution in [2.24, 2.45) is 0 Å². The maximum Gasteiger partial charge on any atom is 0.0753 e. The van der Waals surface area contributed by atoms with Crippen molar-refractivity contribution >= 4 is 46.4 Å². The molecule has 0 radical (unpaired) electrons. The highest BCUT2D eigenvalue weighted by atomic mass is 14.8. The normalized spacial score (nSPS) is 12.0. The first-order valence-electron chi connectivity index (χ1n) is 42.6. The maximum atomic E-state index is 5.69. The van der Waals surface area contributed by atoms with Gasteiger partial charge in [-0.1, -0.05) is 334 Å². The predicted octanol–water partition coefficient (Wildman–Crippen LogP) is 29.3. The van der Waals surface area contributed by atoms with Crippen molar-refractivity contribution in [1.82, 2.24) is 39.9 Å². The second-order valence-corrected chi connectivity index (χ2v) is 30.4. The molecular weight excluding hydrogens is 1240 g/mol. The number of nitrogens with one attached hydrogen (secondary N) is 2. The Morgan fingerprint density at radius 1 is 0.216 bits per heavy atom. The molecule has 7 aromatic heterocycles. The number of aryl methyl sites for hydroxylation is 3. The van der Waals surface area contributed by atoms with E-state index in [1.54, 1.807) is 0 Å². The van der Waals surface area contributed by atoms with Gasteiger partial charge in [0, 0.05) is 45.5 Å². The van der Waals surface area contributed by atoms with Crippen LogP contribution in [0.1, 0.15) is 369 Å². The van der Waals surface area contributed by atoms with Crippen LogP contribution in [0.25, 0.3) is 91.4 Å². The molecule has 2 aliphatic heterocycles. The summed E-state index contributed by atoms with van der Waals surface area (Å²) in [4.78, 5) is 40.8. The molecule has 2 N–H and O–H groups in total. The molecule has 8 nitrogen and oxygen atoms in total. The standard InChI is InChI=1S/C94H134N8/c1-4-7-10-13-16-19-22-25-28-31-34-37-40-43-46-49-57-76-60-54-64-80(96-76)92-85-69-67-83(99-85)91(79-63-52-53-75-95-79)84-68-70-86(100-84)93(81-65-55-61-77(97-81)58-50-47-44-41-38-35-32-29-26-23-20-17-14-11-8-5-2)88-72-74-90(102-88)94(89-73-71-87(92)101-89)82-66-56-62-78(98-82)59-51-48-45-42-39-36-33-30-27-24-21-18-15-12-9-6-3/h52-56,60-75,99,102H,4-51,57-59H2,1-3H3. The number of hydrogen-bond acceptors (Lipinski definition) is 6. The van der Waals surface area contributed by atoms with Crippen LogP contribution < -0.4 is 0 Å². The summed E-state index contributed by atoms with van der Waals surface area (Å²) >= 11 is 0. The first kappa shape index (κ1) is 79.3. The molecule has 2 aliphatic rings. The Bertz CT molecular complexity index is 3600. The van der Waals surface area contributed by atoms with Crippen LogP contribution in [0.5, 0.6) is 0 Å². The lowest BCUT2D eigenvalue weighted by atomic mass is 10.0. The number of aromatic nitrogens is 8. The van der Waals surface area contributed by atoms with E-state index in [2.05, 4.69) is 146 Å². The van der Waals surface area contributed by atoms with Gasteiger partial charge in [0.1, 0.15) is 0 Å². The molecule has 0 fully saturated rings. The van der Waals surface area contributed by atoms with Crippen molar-refractivity contribution in [2.45, 2.75) is 348 Å². The highest BCUT2D eigenvalue weighted by Gasteiger charge is 2.21. The zero-order valence-electron chi connectivity index (χ0n) is 64.4. The van der Waals surface area contributed by atoms with Gasteiger partial charge in [-0.25, -0.2) is 9.97 Å². The molecule has 550 valence electrons. The Hall–Kier alpha value is -6.80. The molecule has 102 heavy (non-hydrogen) atoms. The summed E-state index contributed by atoms with van der Waals surface area (Å²) < 4.78 is 0. The number of rotatable bonds is 55. The van der Waals surface area contributed by atoms with Crippen molar-refractivity contribution in [3.8, 4) is 45.0 Å². The lowest BCUT2D eigenvalue weighted by molar-refractivity contribution is 0.529. The van der Waals surface area contributed by atoms with Gasteiger partial charge >= 0.3 is 0 Å². The number of pyridine rings is 4. The first-order chi connectivity index (χ1) is 50.6. The summed E-state index contributed by atoms with van der Waals surface area (Å²) in [6, 6.07) is 34.7. The fraction of sp³-hybridized carbons (Fsp3) is 0.574. The summed E-state index contributed by atoms with van der Waals surface area (Å²) in [5.41, 5.74) is 17.9. The fourth-order valence-electron chi connectivity index (χ4n) is 15.6. The van der Waals surface area contributed by atoms with Crippen molar-refractivity contribution < 1.29 is 0 Å². The summed E-state index contributed by atoms with van der Waals surface area (Å²) in [5, 5.41) is 0. The van der Waals surface area contributed by atoms with Crippen LogP contribution in [-0.2, 0) is 19.3 Å². The summed E-state index contributed by atoms with van der Waals surface area (Å²) in [6.07, 6.45) is 78.8. The molecule has 8 bridgehead atoms. The Kier molecular flexibility index (Phi) is 37.5. The number of unbranched alkanes of at least 4 members (excludes halogenated alkanes) is 45. The second kappa shape index (κ2) is 48.3. The summed E-state index contributed by atoms with van der Waals surface area (Å²) in [7, 11) is 0. The topological polar surface area (TPSA) is 109 Å². The van der Waals surface area contributed by atoms with Crippen molar-refractivity contribution in [3.63, 3.8) is 0 Å². The van der Waals surface area contributed by atoms with E-state index in [0.29, 0.717) is 0 Å². The van der Waals surface area contributed by atoms with Gasteiger partial charge in [-0.2, -0.15) is 0 Å². The third kappa shape index (κ3) is 27.7. The molecule has 0 spiro atoms. The van der Waals surface area contributed by atoms with Gasteiger partial charge in [0.2, 0.25) is 0 Å².